The van der Waals surface area contributed by atoms with Gasteiger partial charge in [-0.25, -0.2) is 9.78 Å². The minimum absolute atomic E-state index is 0.00000657. The van der Waals surface area contributed by atoms with Gasteiger partial charge in [0.05, 0.1) is 17.6 Å². The summed E-state index contributed by atoms with van der Waals surface area (Å²) in [4.78, 5) is 44.9. The third-order valence-corrected chi connectivity index (χ3v) is 5.02. The maximum atomic E-state index is 12.7. The van der Waals surface area contributed by atoms with Crippen LogP contribution in [-0.2, 0) is 16.1 Å². The maximum Gasteiger partial charge on any atom is 0.328 e. The molecule has 4 N–H and O–H groups in total. The molecule has 0 aliphatic carbocycles. The number of carbonyl (C=O) groups excluding carboxylic acids is 2. The normalized spacial score (nSPS) is 10.9. The van der Waals surface area contributed by atoms with Crippen molar-refractivity contribution in [2.24, 2.45) is 0 Å². The molecule has 0 aliphatic rings. The van der Waals surface area contributed by atoms with Crippen molar-refractivity contribution in [1.29, 1.82) is 0 Å². The van der Waals surface area contributed by atoms with Crippen LogP contribution in [0.1, 0.15) is 15.9 Å². The van der Waals surface area contributed by atoms with E-state index < -0.39 is 17.8 Å². The Labute approximate surface area is 194 Å². The number of hydrogen-bond acceptors (Lipinski definition) is 5. The Hall–Kier alpha value is -4.92. The van der Waals surface area contributed by atoms with Crippen LogP contribution in [0.2, 0.25) is 0 Å². The van der Waals surface area contributed by atoms with Gasteiger partial charge in [-0.3, -0.25) is 14.9 Å². The fourth-order valence-electron chi connectivity index (χ4n) is 3.33. The third kappa shape index (κ3) is 5.10. The number of imidazole rings is 1. The summed E-state index contributed by atoms with van der Waals surface area (Å²) in [6, 6.07) is 20.1. The minimum atomic E-state index is -1.26. The molecular formula is C25H20N4O5. The standard InChI is InChI=1S/C25H20N4O5/c30-21-8-4-1-5-17(21)15-29(22(31)13-14-23(32)33)18-11-9-16(10-12-18)24(34)28-25-26-19-6-2-3-7-20(19)27-25/h1-14,30H,15H2,(H,32,33)(H2,26,27,28,34)/b14-13-. The van der Waals surface area contributed by atoms with Crippen molar-refractivity contribution in [2.75, 3.05) is 10.2 Å². The summed E-state index contributed by atoms with van der Waals surface area (Å²) in [6.07, 6.45) is 1.68. The topological polar surface area (TPSA) is 136 Å². The van der Waals surface area contributed by atoms with Crippen LogP contribution in [-0.4, -0.2) is 38.0 Å². The molecule has 0 radical (unpaired) electrons. The van der Waals surface area contributed by atoms with Crippen LogP contribution in [0, 0.1) is 0 Å². The second-order valence-electron chi connectivity index (χ2n) is 7.33. The van der Waals surface area contributed by atoms with Crippen molar-refractivity contribution in [3.63, 3.8) is 0 Å². The number of aliphatic carboxylic acids is 1. The Kier molecular flexibility index (Phi) is 6.35. The molecule has 0 fully saturated rings. The van der Waals surface area contributed by atoms with Gasteiger partial charge >= 0.3 is 5.97 Å². The lowest BCUT2D eigenvalue weighted by Gasteiger charge is -2.22. The first kappa shape index (κ1) is 22.3. The lowest BCUT2D eigenvalue weighted by molar-refractivity contribution is -0.131. The predicted molar refractivity (Wildman–Crippen MR) is 127 cm³/mol. The van der Waals surface area contributed by atoms with Crippen molar-refractivity contribution in [3.8, 4) is 5.75 Å². The summed E-state index contributed by atoms with van der Waals surface area (Å²) >= 11 is 0. The molecule has 0 bridgehead atoms. The Morgan fingerprint density at radius 3 is 2.35 bits per heavy atom. The molecule has 3 aromatic carbocycles. The lowest BCUT2D eigenvalue weighted by atomic mass is 10.1. The summed E-state index contributed by atoms with van der Waals surface area (Å²) < 4.78 is 0. The number of aromatic nitrogens is 2. The van der Waals surface area contributed by atoms with E-state index in [1.165, 1.54) is 11.0 Å². The Balaban J connectivity index is 1.55. The first-order valence-corrected chi connectivity index (χ1v) is 10.3. The number of benzene rings is 3. The molecule has 1 aromatic heterocycles. The van der Waals surface area contributed by atoms with Gasteiger partial charge in [-0.15, -0.1) is 0 Å². The maximum absolute atomic E-state index is 12.7. The molecule has 2 amide bonds. The van der Waals surface area contributed by atoms with E-state index in [2.05, 4.69) is 15.3 Å². The van der Waals surface area contributed by atoms with Crippen LogP contribution in [0.5, 0.6) is 5.75 Å². The number of carboxylic acid groups (broad SMARTS) is 1. The smallest absolute Gasteiger partial charge is 0.328 e. The van der Waals surface area contributed by atoms with E-state index in [1.54, 1.807) is 42.5 Å². The summed E-state index contributed by atoms with van der Waals surface area (Å²) in [5.41, 5.74) is 2.75. The molecule has 9 nitrogen and oxygen atoms in total. The molecule has 9 heteroatoms. The van der Waals surface area contributed by atoms with Crippen LogP contribution < -0.4 is 10.2 Å². The largest absolute Gasteiger partial charge is 0.508 e. The van der Waals surface area contributed by atoms with Gasteiger partial charge in [0.2, 0.25) is 5.95 Å². The van der Waals surface area contributed by atoms with Gasteiger partial charge < -0.3 is 20.1 Å². The molecular weight excluding hydrogens is 436 g/mol. The zero-order valence-corrected chi connectivity index (χ0v) is 17.8. The highest BCUT2D eigenvalue weighted by molar-refractivity contribution is 6.06. The van der Waals surface area contributed by atoms with E-state index in [0.29, 0.717) is 22.8 Å². The number of amides is 2. The van der Waals surface area contributed by atoms with E-state index in [4.69, 9.17) is 5.11 Å². The van der Waals surface area contributed by atoms with Crippen LogP contribution >= 0.6 is 0 Å². The quantitative estimate of drug-likeness (QED) is 0.313. The number of carbonyl (C=O) groups is 3. The number of para-hydroxylation sites is 3. The number of phenols is 1. The van der Waals surface area contributed by atoms with Gasteiger partial charge in [0.25, 0.3) is 11.8 Å². The Morgan fingerprint density at radius 1 is 0.941 bits per heavy atom. The van der Waals surface area contributed by atoms with Crippen molar-refractivity contribution in [2.45, 2.75) is 6.54 Å². The van der Waals surface area contributed by atoms with Crippen molar-refractivity contribution in [3.05, 3.63) is 96.1 Å². The highest BCUT2D eigenvalue weighted by Crippen LogP contribution is 2.24. The zero-order valence-electron chi connectivity index (χ0n) is 17.8. The Bertz CT molecular complexity index is 1360. The number of hydrogen-bond donors (Lipinski definition) is 4. The summed E-state index contributed by atoms with van der Waals surface area (Å²) in [6.45, 7) is -0.00000657. The summed E-state index contributed by atoms with van der Waals surface area (Å²) in [7, 11) is 0. The molecule has 0 saturated carbocycles. The van der Waals surface area contributed by atoms with Crippen LogP contribution in [0.4, 0.5) is 11.6 Å². The summed E-state index contributed by atoms with van der Waals surface area (Å²) in [5.74, 6) is -1.93. The fraction of sp³-hybridized carbons (Fsp3) is 0.0400. The average molecular weight is 456 g/mol. The predicted octanol–water partition coefficient (Wildman–Crippen LogP) is 3.69. The molecule has 4 aromatic rings. The molecule has 1 heterocycles. The van der Waals surface area contributed by atoms with Crippen LogP contribution in [0.15, 0.2) is 84.9 Å². The van der Waals surface area contributed by atoms with Gasteiger partial charge in [-0.2, -0.15) is 0 Å². The molecule has 0 spiro atoms. The van der Waals surface area contributed by atoms with E-state index in [-0.39, 0.29) is 12.3 Å². The second kappa shape index (κ2) is 9.70. The number of aromatic amines is 1. The SMILES string of the molecule is O=C(O)/C=C\C(=O)N(Cc1ccccc1O)c1ccc(C(=O)Nc2nc3ccccc3[nH]2)cc1. The van der Waals surface area contributed by atoms with Gasteiger partial charge in [0.1, 0.15) is 5.75 Å². The summed E-state index contributed by atoms with van der Waals surface area (Å²) in [5, 5.41) is 21.7. The number of nitrogens with one attached hydrogen (secondary N) is 2. The van der Waals surface area contributed by atoms with E-state index in [9.17, 15) is 19.5 Å². The first-order valence-electron chi connectivity index (χ1n) is 10.3. The number of rotatable bonds is 7. The van der Waals surface area contributed by atoms with Crippen molar-refractivity contribution >= 4 is 40.5 Å². The van der Waals surface area contributed by atoms with Crippen molar-refractivity contribution < 1.29 is 24.6 Å². The lowest BCUT2D eigenvalue weighted by Crippen LogP contribution is -2.29. The molecule has 170 valence electrons. The molecule has 4 rings (SSSR count). The monoisotopic (exact) mass is 456 g/mol. The number of carboxylic acids is 1. The van der Waals surface area contributed by atoms with E-state index in [1.807, 2.05) is 24.3 Å². The van der Waals surface area contributed by atoms with Gasteiger partial charge in [-0.1, -0.05) is 30.3 Å². The Morgan fingerprint density at radius 2 is 1.65 bits per heavy atom. The highest BCUT2D eigenvalue weighted by Gasteiger charge is 2.17. The second-order valence-corrected chi connectivity index (χ2v) is 7.33. The number of nitrogens with zero attached hydrogens (tertiary/aromatic N) is 2. The molecule has 0 aliphatic heterocycles. The number of phenolic OH excluding ortho intramolecular Hbond substituents is 1. The molecule has 0 atom stereocenters. The number of anilines is 2. The number of fused-ring (bicyclic) bond motifs is 1. The van der Waals surface area contributed by atoms with Gasteiger partial charge in [-0.05, 0) is 42.5 Å². The first-order chi connectivity index (χ1) is 16.4. The average Bonchev–Trinajstić information content (AvgIpc) is 3.24. The number of aromatic hydroxyl groups is 1. The van der Waals surface area contributed by atoms with Gasteiger partial charge in [0, 0.05) is 29.0 Å². The number of H-pyrrole nitrogens is 1. The highest BCUT2D eigenvalue weighted by atomic mass is 16.4. The zero-order chi connectivity index (χ0) is 24.1. The van der Waals surface area contributed by atoms with Gasteiger partial charge in [0.15, 0.2) is 0 Å². The van der Waals surface area contributed by atoms with Crippen molar-refractivity contribution in [1.82, 2.24) is 9.97 Å². The molecule has 34 heavy (non-hydrogen) atoms. The van der Waals surface area contributed by atoms with E-state index in [0.717, 1.165) is 23.2 Å². The minimum Gasteiger partial charge on any atom is -0.508 e. The van der Waals surface area contributed by atoms with E-state index >= 15 is 0 Å². The molecule has 0 saturated heterocycles. The van der Waals surface area contributed by atoms with Crippen LogP contribution in [0.25, 0.3) is 11.0 Å². The fourth-order valence-corrected chi connectivity index (χ4v) is 3.33. The van der Waals surface area contributed by atoms with Crippen LogP contribution in [0.3, 0.4) is 0 Å². The third-order valence-electron chi connectivity index (χ3n) is 5.02. The molecule has 0 unspecified atom stereocenters.